The molecular weight excluding hydrogens is 338 g/mol. The zero-order chi connectivity index (χ0) is 18.8. The van der Waals surface area contributed by atoms with Crippen molar-refractivity contribution in [2.24, 2.45) is 5.73 Å². The maximum Gasteiger partial charge on any atom is 0.264 e. The molecule has 2 aromatic carbocycles. The van der Waals surface area contributed by atoms with E-state index in [-0.39, 0.29) is 23.5 Å². The highest BCUT2D eigenvalue weighted by molar-refractivity contribution is 6.99. The summed E-state index contributed by atoms with van der Waals surface area (Å²) in [6, 6.07) is 21.5. The Morgan fingerprint density at radius 1 is 0.923 bits per heavy atom. The van der Waals surface area contributed by atoms with Gasteiger partial charge in [0, 0.05) is 6.04 Å². The largest absolute Gasteiger partial charge is 0.383 e. The van der Waals surface area contributed by atoms with Gasteiger partial charge in [-0.1, -0.05) is 81.4 Å². The summed E-state index contributed by atoms with van der Waals surface area (Å²) in [5.41, 5.74) is 6.14. The van der Waals surface area contributed by atoms with E-state index in [4.69, 9.17) is 14.9 Å². The quantitative estimate of drug-likeness (QED) is 0.840. The fraction of sp³-hybridized carbons (Fsp3) is 0.455. The summed E-state index contributed by atoms with van der Waals surface area (Å²) in [5.74, 6) is 0. The van der Waals surface area contributed by atoms with Crippen LogP contribution in [0.5, 0.6) is 0 Å². The van der Waals surface area contributed by atoms with Crippen LogP contribution in [0.1, 0.15) is 40.5 Å². The van der Waals surface area contributed by atoms with Crippen molar-refractivity contribution in [3.8, 4) is 0 Å². The van der Waals surface area contributed by atoms with Gasteiger partial charge < -0.3 is 14.9 Å². The molecule has 1 fully saturated rings. The molecule has 1 aliphatic heterocycles. The molecule has 0 amide bonds. The molecule has 1 heterocycles. The third-order valence-electron chi connectivity index (χ3n) is 5.43. The first-order chi connectivity index (χ1) is 12.3. The van der Waals surface area contributed by atoms with Crippen molar-refractivity contribution in [2.45, 2.75) is 64.0 Å². The molecule has 3 atom stereocenters. The van der Waals surface area contributed by atoms with E-state index in [2.05, 4.69) is 81.4 Å². The van der Waals surface area contributed by atoms with Crippen LogP contribution in [0.2, 0.25) is 5.04 Å². The Kier molecular flexibility index (Phi) is 5.68. The van der Waals surface area contributed by atoms with Gasteiger partial charge in [-0.3, -0.25) is 0 Å². The van der Waals surface area contributed by atoms with Crippen molar-refractivity contribution < 1.29 is 9.16 Å². The Hall–Kier alpha value is -1.46. The summed E-state index contributed by atoms with van der Waals surface area (Å²) in [5, 5.41) is 2.52. The Morgan fingerprint density at radius 3 is 1.85 bits per heavy atom. The molecule has 3 unspecified atom stereocenters. The van der Waals surface area contributed by atoms with E-state index < -0.39 is 8.32 Å². The third kappa shape index (κ3) is 3.65. The smallest absolute Gasteiger partial charge is 0.264 e. The van der Waals surface area contributed by atoms with Crippen LogP contribution in [-0.2, 0) is 9.16 Å². The summed E-state index contributed by atoms with van der Waals surface area (Å²) < 4.78 is 13.2. The molecule has 0 spiro atoms. The van der Waals surface area contributed by atoms with Crippen LogP contribution in [0.3, 0.4) is 0 Å². The molecule has 2 N–H and O–H groups in total. The number of hydrogen-bond donors (Lipinski definition) is 1. The summed E-state index contributed by atoms with van der Waals surface area (Å²) in [6.07, 6.45) is 1.59. The van der Waals surface area contributed by atoms with Crippen LogP contribution in [0.15, 0.2) is 60.7 Å². The number of benzene rings is 2. The minimum absolute atomic E-state index is 0.0203. The Bertz CT molecular complexity index is 660. The van der Waals surface area contributed by atoms with Crippen molar-refractivity contribution in [2.75, 3.05) is 0 Å². The predicted octanol–water partition coefficient (Wildman–Crippen LogP) is 3.42. The average Bonchev–Trinajstić information content (AvgIpc) is 2.63. The lowest BCUT2D eigenvalue weighted by Crippen LogP contribution is -2.68. The molecule has 3 rings (SSSR count). The van der Waals surface area contributed by atoms with Gasteiger partial charge in [0.15, 0.2) is 0 Å². The van der Waals surface area contributed by atoms with Crippen LogP contribution in [0, 0.1) is 0 Å². The molecule has 0 radical (unpaired) electrons. The number of nitrogens with two attached hydrogens (primary N) is 1. The monoisotopic (exact) mass is 369 g/mol. The second kappa shape index (κ2) is 7.65. The van der Waals surface area contributed by atoms with Crippen LogP contribution in [-0.4, -0.2) is 26.8 Å². The summed E-state index contributed by atoms with van der Waals surface area (Å²) in [4.78, 5) is 0. The van der Waals surface area contributed by atoms with Crippen molar-refractivity contribution in [3.05, 3.63) is 60.7 Å². The van der Waals surface area contributed by atoms with Crippen molar-refractivity contribution in [3.63, 3.8) is 0 Å². The zero-order valence-electron chi connectivity index (χ0n) is 16.3. The Morgan fingerprint density at radius 2 is 1.42 bits per heavy atom. The van der Waals surface area contributed by atoms with Crippen molar-refractivity contribution >= 4 is 18.7 Å². The highest BCUT2D eigenvalue weighted by Gasteiger charge is 2.52. The highest BCUT2D eigenvalue weighted by Crippen LogP contribution is 2.38. The Balaban J connectivity index is 2.09. The lowest BCUT2D eigenvalue weighted by molar-refractivity contribution is -0.152. The van der Waals surface area contributed by atoms with E-state index in [0.29, 0.717) is 0 Å². The predicted molar refractivity (Wildman–Crippen MR) is 110 cm³/mol. The lowest BCUT2D eigenvalue weighted by atomic mass is 10.0. The summed E-state index contributed by atoms with van der Waals surface area (Å²) in [7, 11) is -2.55. The van der Waals surface area contributed by atoms with E-state index in [9.17, 15) is 0 Å². The van der Waals surface area contributed by atoms with Crippen molar-refractivity contribution in [1.29, 1.82) is 0 Å². The molecule has 1 saturated heterocycles. The molecule has 1 aliphatic rings. The molecule has 4 heteroatoms. The average molecular weight is 370 g/mol. The third-order valence-corrected chi connectivity index (χ3v) is 10.5. The van der Waals surface area contributed by atoms with Gasteiger partial charge in [-0.25, -0.2) is 0 Å². The van der Waals surface area contributed by atoms with Gasteiger partial charge in [-0.05, 0) is 35.2 Å². The lowest BCUT2D eigenvalue weighted by Gasteiger charge is -2.46. The van der Waals surface area contributed by atoms with E-state index in [1.165, 1.54) is 10.4 Å². The molecular formula is C22H31NO2Si. The summed E-state index contributed by atoms with van der Waals surface area (Å²) in [6.45, 7) is 8.91. The van der Waals surface area contributed by atoms with Gasteiger partial charge in [-0.15, -0.1) is 0 Å². The standard InChI is InChI=1S/C22H31NO2Si/c1-17-20(23)15-16-21(24-17)25-26(22(2,3)4,18-11-7-5-8-12-18)19-13-9-6-10-14-19/h5-14,17,20-21H,15-16,23H2,1-4H3. The molecule has 3 nitrogen and oxygen atoms in total. The number of hydrogen-bond acceptors (Lipinski definition) is 3. The van der Waals surface area contributed by atoms with Crippen molar-refractivity contribution in [1.82, 2.24) is 0 Å². The molecule has 26 heavy (non-hydrogen) atoms. The molecule has 0 saturated carbocycles. The second-order valence-electron chi connectivity index (χ2n) is 8.29. The second-order valence-corrected chi connectivity index (χ2v) is 12.5. The van der Waals surface area contributed by atoms with E-state index in [1.54, 1.807) is 0 Å². The van der Waals surface area contributed by atoms with E-state index in [1.807, 2.05) is 6.92 Å². The van der Waals surface area contributed by atoms with E-state index in [0.717, 1.165) is 12.8 Å². The topological polar surface area (TPSA) is 44.5 Å². The van der Waals surface area contributed by atoms with Gasteiger partial charge in [0.05, 0.1) is 6.10 Å². The molecule has 0 bridgehead atoms. The van der Waals surface area contributed by atoms with Crippen LogP contribution in [0.4, 0.5) is 0 Å². The zero-order valence-corrected chi connectivity index (χ0v) is 17.3. The molecule has 0 aliphatic carbocycles. The minimum Gasteiger partial charge on any atom is -0.383 e. The first kappa shape index (κ1) is 19.3. The van der Waals surface area contributed by atoms with Gasteiger partial charge in [0.2, 0.25) is 0 Å². The first-order valence-electron chi connectivity index (χ1n) is 9.54. The Labute approximate surface area is 158 Å². The van der Waals surface area contributed by atoms with E-state index >= 15 is 0 Å². The van der Waals surface area contributed by atoms with Gasteiger partial charge in [0.1, 0.15) is 6.29 Å². The highest BCUT2D eigenvalue weighted by atomic mass is 28.4. The first-order valence-corrected chi connectivity index (χ1v) is 11.5. The normalized spacial score (nSPS) is 24.4. The fourth-order valence-electron chi connectivity index (χ4n) is 3.95. The maximum absolute atomic E-state index is 7.00. The van der Waals surface area contributed by atoms with Crippen LogP contribution in [0.25, 0.3) is 0 Å². The molecule has 2 aromatic rings. The van der Waals surface area contributed by atoms with Gasteiger partial charge >= 0.3 is 0 Å². The fourth-order valence-corrected chi connectivity index (χ4v) is 8.53. The van der Waals surface area contributed by atoms with Crippen LogP contribution >= 0.6 is 0 Å². The number of ether oxygens (including phenoxy) is 1. The molecule has 0 aromatic heterocycles. The summed E-state index contributed by atoms with van der Waals surface area (Å²) >= 11 is 0. The van der Waals surface area contributed by atoms with Gasteiger partial charge in [-0.2, -0.15) is 0 Å². The maximum atomic E-state index is 7.00. The van der Waals surface area contributed by atoms with Gasteiger partial charge in [0.25, 0.3) is 8.32 Å². The number of rotatable bonds is 4. The van der Waals surface area contributed by atoms with Crippen LogP contribution < -0.4 is 16.1 Å². The molecule has 140 valence electrons. The SMILES string of the molecule is CC1OC(O[Si](c2ccccc2)(c2ccccc2)C(C)(C)C)CCC1N. The minimum atomic E-state index is -2.55.